The summed E-state index contributed by atoms with van der Waals surface area (Å²) in [4.78, 5) is 22.6. The van der Waals surface area contributed by atoms with Gasteiger partial charge in [-0.25, -0.2) is 4.79 Å². The van der Waals surface area contributed by atoms with Crippen LogP contribution in [0.3, 0.4) is 0 Å². The molecular weight excluding hydrogens is 468 g/mol. The zero-order chi connectivity index (χ0) is 27.4. The second kappa shape index (κ2) is 14.6. The molecule has 2 aromatic rings. The van der Waals surface area contributed by atoms with Gasteiger partial charge in [-0.05, 0) is 68.2 Å². The molecule has 0 spiro atoms. The van der Waals surface area contributed by atoms with E-state index in [1.54, 1.807) is 6.92 Å². The number of ether oxygens (including phenoxy) is 4. The van der Waals surface area contributed by atoms with Crippen LogP contribution in [0, 0.1) is 5.92 Å². The molecule has 0 aliphatic heterocycles. The van der Waals surface area contributed by atoms with Gasteiger partial charge in [0, 0.05) is 18.1 Å². The molecule has 0 N–H and O–H groups in total. The summed E-state index contributed by atoms with van der Waals surface area (Å²) in [6.45, 7) is 15.4. The lowest BCUT2D eigenvalue weighted by Crippen LogP contribution is -2.21. The summed E-state index contributed by atoms with van der Waals surface area (Å²) in [6, 6.07) is 16.1. The Kier molecular flexibility index (Phi) is 11.9. The van der Waals surface area contributed by atoms with E-state index in [2.05, 4.69) is 39.8 Å². The number of allylic oxidation sites excluding steroid dienone is 1. The Morgan fingerprint density at radius 3 is 1.73 bits per heavy atom. The van der Waals surface area contributed by atoms with Crippen molar-refractivity contribution in [2.24, 2.45) is 5.92 Å². The topological polar surface area (TPSA) is 71.1 Å². The molecule has 0 saturated heterocycles. The Morgan fingerprint density at radius 2 is 1.27 bits per heavy atom. The number of carbonyl (C=O) groups excluding carboxylic acids is 2. The van der Waals surface area contributed by atoms with Crippen molar-refractivity contribution in [2.75, 3.05) is 19.8 Å². The van der Waals surface area contributed by atoms with Gasteiger partial charge < -0.3 is 18.9 Å². The highest BCUT2D eigenvalue weighted by atomic mass is 16.6. The van der Waals surface area contributed by atoms with Crippen LogP contribution < -0.4 is 9.47 Å². The van der Waals surface area contributed by atoms with Crippen LogP contribution in [0.15, 0.2) is 60.7 Å². The van der Waals surface area contributed by atoms with E-state index < -0.39 is 12.1 Å². The first-order valence-corrected chi connectivity index (χ1v) is 13.0. The van der Waals surface area contributed by atoms with E-state index in [4.69, 9.17) is 18.9 Å². The molecule has 0 amide bonds. The van der Waals surface area contributed by atoms with Crippen LogP contribution in [0.5, 0.6) is 11.5 Å². The minimum Gasteiger partial charge on any atom is -0.491 e. The van der Waals surface area contributed by atoms with Gasteiger partial charge in [-0.1, -0.05) is 58.4 Å². The first kappa shape index (κ1) is 30.1. The molecule has 202 valence electrons. The standard InChI is InChI=1S/C31H42O6/c1-8-22(2)19-34-24(4)20-35-28-14-10-26(11-15-28)31(6,7)27-12-16-29(17-13-27)36-21-25(5)37-30(33)18-9-23(3)32/h9-18,22,24-25H,8,19-21H2,1-7H3/b18-9+. The molecule has 0 fully saturated rings. The molecule has 0 aliphatic rings. The molecule has 6 heteroatoms. The molecule has 0 aromatic heterocycles. The summed E-state index contributed by atoms with van der Waals surface area (Å²) < 4.78 is 22.8. The van der Waals surface area contributed by atoms with Gasteiger partial charge in [0.15, 0.2) is 5.78 Å². The number of esters is 1. The van der Waals surface area contributed by atoms with Crippen LogP contribution in [0.25, 0.3) is 0 Å². The molecule has 3 atom stereocenters. The summed E-state index contributed by atoms with van der Waals surface area (Å²) in [5, 5.41) is 0. The SMILES string of the molecule is CCC(C)COC(C)COc1ccc(C(C)(C)c2ccc(OCC(C)OC(=O)/C=C/C(C)=O)cc2)cc1. The maximum Gasteiger partial charge on any atom is 0.331 e. The third-order valence-corrected chi connectivity index (χ3v) is 6.26. The highest BCUT2D eigenvalue weighted by molar-refractivity contribution is 5.94. The predicted molar refractivity (Wildman–Crippen MR) is 146 cm³/mol. The van der Waals surface area contributed by atoms with E-state index in [1.165, 1.54) is 18.6 Å². The minimum atomic E-state index is -0.565. The fourth-order valence-corrected chi connectivity index (χ4v) is 3.48. The Labute approximate surface area is 222 Å². The summed E-state index contributed by atoms with van der Waals surface area (Å²) in [7, 11) is 0. The van der Waals surface area contributed by atoms with Crippen LogP contribution in [-0.2, 0) is 24.5 Å². The lowest BCUT2D eigenvalue weighted by molar-refractivity contribution is -0.143. The van der Waals surface area contributed by atoms with Gasteiger partial charge in [0.05, 0.1) is 6.10 Å². The molecule has 3 unspecified atom stereocenters. The molecule has 37 heavy (non-hydrogen) atoms. The van der Waals surface area contributed by atoms with E-state index in [-0.39, 0.29) is 23.9 Å². The van der Waals surface area contributed by atoms with Gasteiger partial charge in [0.1, 0.15) is 30.8 Å². The number of hydrogen-bond acceptors (Lipinski definition) is 6. The van der Waals surface area contributed by atoms with Gasteiger partial charge in [-0.2, -0.15) is 0 Å². The first-order valence-electron chi connectivity index (χ1n) is 13.0. The Balaban J connectivity index is 1.88. The molecule has 0 saturated carbocycles. The zero-order valence-electron chi connectivity index (χ0n) is 23.3. The van der Waals surface area contributed by atoms with Gasteiger partial charge in [0.25, 0.3) is 0 Å². The average Bonchev–Trinajstić information content (AvgIpc) is 2.88. The second-order valence-electron chi connectivity index (χ2n) is 10.1. The monoisotopic (exact) mass is 510 g/mol. The van der Waals surface area contributed by atoms with Gasteiger partial charge in [-0.15, -0.1) is 0 Å². The van der Waals surface area contributed by atoms with Gasteiger partial charge in [0.2, 0.25) is 0 Å². The summed E-state index contributed by atoms with van der Waals surface area (Å²) in [5.74, 6) is 1.30. The minimum absolute atomic E-state index is 0.0458. The third kappa shape index (κ3) is 10.4. The fraction of sp³-hybridized carbons (Fsp3) is 0.484. The smallest absolute Gasteiger partial charge is 0.331 e. The van der Waals surface area contributed by atoms with Crippen LogP contribution in [-0.4, -0.2) is 43.8 Å². The van der Waals surface area contributed by atoms with Gasteiger partial charge >= 0.3 is 5.97 Å². The number of rotatable bonds is 15. The summed E-state index contributed by atoms with van der Waals surface area (Å²) in [5.41, 5.74) is 2.11. The van der Waals surface area contributed by atoms with E-state index in [0.29, 0.717) is 18.3 Å². The van der Waals surface area contributed by atoms with Crippen LogP contribution in [0.2, 0.25) is 0 Å². The Morgan fingerprint density at radius 1 is 0.784 bits per heavy atom. The maximum atomic E-state index is 11.7. The molecular formula is C31H42O6. The summed E-state index contributed by atoms with van der Waals surface area (Å²) >= 11 is 0. The third-order valence-electron chi connectivity index (χ3n) is 6.26. The second-order valence-corrected chi connectivity index (χ2v) is 10.1. The Hall–Kier alpha value is -3.12. The predicted octanol–water partition coefficient (Wildman–Crippen LogP) is 6.30. The van der Waals surface area contributed by atoms with Crippen molar-refractivity contribution in [3.05, 3.63) is 71.8 Å². The van der Waals surface area contributed by atoms with E-state index in [0.717, 1.165) is 30.4 Å². The van der Waals surface area contributed by atoms with Crippen molar-refractivity contribution in [1.29, 1.82) is 0 Å². The zero-order valence-corrected chi connectivity index (χ0v) is 23.3. The molecule has 0 radical (unpaired) electrons. The Bertz CT molecular complexity index is 1010. The highest BCUT2D eigenvalue weighted by Gasteiger charge is 2.23. The highest BCUT2D eigenvalue weighted by Crippen LogP contribution is 2.33. The fourth-order valence-electron chi connectivity index (χ4n) is 3.48. The molecule has 0 bridgehead atoms. The lowest BCUT2D eigenvalue weighted by atomic mass is 9.78. The molecule has 0 aliphatic carbocycles. The van der Waals surface area contributed by atoms with Crippen molar-refractivity contribution in [3.8, 4) is 11.5 Å². The van der Waals surface area contributed by atoms with E-state index in [9.17, 15) is 9.59 Å². The van der Waals surface area contributed by atoms with Crippen molar-refractivity contribution in [2.45, 2.75) is 72.5 Å². The first-order chi connectivity index (χ1) is 17.5. The van der Waals surface area contributed by atoms with Crippen molar-refractivity contribution >= 4 is 11.8 Å². The average molecular weight is 511 g/mol. The van der Waals surface area contributed by atoms with Crippen LogP contribution in [0.4, 0.5) is 0 Å². The number of ketones is 1. The van der Waals surface area contributed by atoms with Crippen LogP contribution >= 0.6 is 0 Å². The van der Waals surface area contributed by atoms with Gasteiger partial charge in [-0.3, -0.25) is 4.79 Å². The normalized spacial score (nSPS) is 14.1. The van der Waals surface area contributed by atoms with E-state index >= 15 is 0 Å². The lowest BCUT2D eigenvalue weighted by Gasteiger charge is -2.26. The van der Waals surface area contributed by atoms with Crippen molar-refractivity contribution in [3.63, 3.8) is 0 Å². The maximum absolute atomic E-state index is 11.7. The largest absolute Gasteiger partial charge is 0.491 e. The molecule has 2 rings (SSSR count). The number of carbonyl (C=O) groups is 2. The van der Waals surface area contributed by atoms with Crippen LogP contribution in [0.1, 0.15) is 66.0 Å². The molecule has 6 nitrogen and oxygen atoms in total. The quantitative estimate of drug-likeness (QED) is 0.207. The number of hydrogen-bond donors (Lipinski definition) is 0. The summed E-state index contributed by atoms with van der Waals surface area (Å²) in [6.07, 6.45) is 3.01. The van der Waals surface area contributed by atoms with Crippen molar-refractivity contribution in [1.82, 2.24) is 0 Å². The number of benzene rings is 2. The van der Waals surface area contributed by atoms with Crippen molar-refractivity contribution < 1.29 is 28.5 Å². The van der Waals surface area contributed by atoms with E-state index in [1.807, 2.05) is 43.3 Å². The molecule has 0 heterocycles. The molecule has 2 aromatic carbocycles.